The Kier molecular flexibility index (Phi) is 32.7. The van der Waals surface area contributed by atoms with Gasteiger partial charge in [-0.1, -0.05) is 368 Å². The molecule has 6 heteroatoms. The molecule has 9 rings (SSSR count). The van der Waals surface area contributed by atoms with Gasteiger partial charge in [0.2, 0.25) is 0 Å². The van der Waals surface area contributed by atoms with Gasteiger partial charge in [-0.05, 0) is 107 Å². The molecule has 0 fully saturated rings. The van der Waals surface area contributed by atoms with Crippen LogP contribution in [0.2, 0.25) is 0 Å². The number of amides is 2. The van der Waals surface area contributed by atoms with Crippen LogP contribution < -0.4 is 20.2 Å². The lowest BCUT2D eigenvalue weighted by Crippen LogP contribution is -2.35. The van der Waals surface area contributed by atoms with Gasteiger partial charge in [-0.15, -0.1) is 22.7 Å². The van der Waals surface area contributed by atoms with Crippen LogP contribution in [0.25, 0.3) is 54.3 Å². The van der Waals surface area contributed by atoms with Gasteiger partial charge in [0.15, 0.2) is 0 Å². The zero-order chi connectivity index (χ0) is 66.8. The molecular weight excluding hydrogens is 1210 g/mol. The summed E-state index contributed by atoms with van der Waals surface area (Å²) in [5.41, 5.74) is 10.7. The molecule has 4 heterocycles. The van der Waals surface area contributed by atoms with Crippen LogP contribution in [-0.4, -0.2) is 24.9 Å². The first-order valence-corrected chi connectivity index (χ1v) is 41.1. The molecule has 5 aromatic carbocycles. The van der Waals surface area contributed by atoms with Crippen LogP contribution in [-0.2, 0) is 9.59 Å². The Morgan fingerprint density at radius 3 is 0.792 bits per heavy atom. The van der Waals surface area contributed by atoms with Gasteiger partial charge in [0.05, 0.1) is 22.5 Å². The van der Waals surface area contributed by atoms with E-state index in [1.54, 1.807) is 22.7 Å². The molecule has 2 aromatic heterocycles. The van der Waals surface area contributed by atoms with Gasteiger partial charge in [-0.2, -0.15) is 0 Å². The summed E-state index contributed by atoms with van der Waals surface area (Å²) in [6.07, 6.45) is 51.8. The molecule has 2 amide bonds. The van der Waals surface area contributed by atoms with Crippen molar-refractivity contribution in [1.29, 1.82) is 0 Å². The number of carbonyl (C=O) groups is 2. The Balaban J connectivity index is 1.08. The smallest absolute Gasteiger partial charge is 0.260 e. The van der Waals surface area contributed by atoms with Crippen molar-refractivity contribution < 1.29 is 9.59 Å². The van der Waals surface area contributed by atoms with E-state index in [9.17, 15) is 0 Å². The highest BCUT2D eigenvalue weighted by atomic mass is 32.1. The van der Waals surface area contributed by atoms with Gasteiger partial charge in [0.25, 0.3) is 11.8 Å². The molecule has 0 radical (unpaired) electrons. The van der Waals surface area contributed by atoms with E-state index >= 15 is 9.59 Å². The molecule has 2 aliphatic rings. The van der Waals surface area contributed by atoms with Gasteiger partial charge in [0.1, 0.15) is 0 Å². The molecule has 96 heavy (non-hydrogen) atoms. The molecule has 2 atom stereocenters. The average Bonchev–Trinajstić information content (AvgIpc) is 1.57. The summed E-state index contributed by atoms with van der Waals surface area (Å²) < 4.78 is 0. The number of hydrogen-bond acceptors (Lipinski definition) is 4. The summed E-state index contributed by atoms with van der Waals surface area (Å²) in [5.74, 6) is 1.03. The SMILES string of the molecule is CCCCCCCCCCCCC(CCCCCCCCCC)CN1C(=O)C(c2ccc(-c3ccc(-c4ccccc4)cc3)s2)=c2cc3c(cc21)=C(c1ccc(-c2ccc(-c4ccccc4)cc2)s1)C(=O)N3CC(CCCCCCCCCC)CCCCCCCCCCCC. The minimum absolute atomic E-state index is 0.121. The molecule has 0 N–H and O–H groups in total. The number of nitrogens with zero attached hydrogens (tertiary/aromatic N) is 2. The highest BCUT2D eigenvalue weighted by molar-refractivity contribution is 7.17. The summed E-state index contributed by atoms with van der Waals surface area (Å²) in [6.45, 7) is 10.6. The second kappa shape index (κ2) is 42.2. The third-order valence-corrected chi connectivity index (χ3v) is 23.5. The zero-order valence-electron chi connectivity index (χ0n) is 60.2. The normalized spacial score (nSPS) is 13.6. The number of benzene rings is 5. The number of thiophene rings is 2. The molecule has 4 nitrogen and oxygen atoms in total. The van der Waals surface area contributed by atoms with Gasteiger partial charge >= 0.3 is 0 Å². The third-order valence-electron chi connectivity index (χ3n) is 21.2. The van der Waals surface area contributed by atoms with E-state index < -0.39 is 0 Å². The van der Waals surface area contributed by atoms with E-state index in [0.717, 1.165) is 89.3 Å². The van der Waals surface area contributed by atoms with Crippen molar-refractivity contribution in [2.75, 3.05) is 22.9 Å². The Labute approximate surface area is 590 Å². The van der Waals surface area contributed by atoms with Gasteiger partial charge in [-0.25, -0.2) is 0 Å². The standard InChI is InChI=1S/C90H122N2O2S2/c1-5-9-13-17-21-25-27-31-35-41-49-71(47-39-33-29-23-19-15-11-7-3)69-91-81-67-80-82(68-79(81)87(89(91)93)85-65-63-83(95-85)77-59-55-75(56-60-77)73-51-43-37-44-52-73)92(70-72(48-40-34-30-24-20-16-12-8-4)50-42-36-32-28-26-22-18-14-10-6-2)90(94)88(80)86-66-64-84(96-86)78-61-57-76(58-62-78)74-53-45-38-46-54-74/h37-38,43-46,51-68,71-72H,5-36,39-42,47-50,69-70H2,1-4H3. The molecule has 0 aliphatic carbocycles. The molecule has 0 saturated carbocycles. The Hall–Kier alpha value is -5.82. The maximum atomic E-state index is 16.1. The van der Waals surface area contributed by atoms with Gasteiger partial charge in [0, 0.05) is 43.0 Å². The van der Waals surface area contributed by atoms with Crippen LogP contribution in [0.15, 0.2) is 146 Å². The van der Waals surface area contributed by atoms with Crippen LogP contribution in [0.3, 0.4) is 0 Å². The summed E-state index contributed by atoms with van der Waals surface area (Å²) in [4.78, 5) is 40.9. The third kappa shape index (κ3) is 22.6. The number of fused-ring (bicyclic) bond motifs is 2. The average molecular weight is 1330 g/mol. The maximum Gasteiger partial charge on any atom is 0.260 e. The Morgan fingerprint density at radius 2 is 0.510 bits per heavy atom. The maximum absolute atomic E-state index is 16.1. The van der Waals surface area contributed by atoms with E-state index in [-0.39, 0.29) is 11.8 Å². The predicted octanol–water partition coefficient (Wildman–Crippen LogP) is 26.5. The lowest BCUT2D eigenvalue weighted by atomic mass is 9.93. The Bertz CT molecular complexity index is 3240. The van der Waals surface area contributed by atoms with Crippen molar-refractivity contribution in [3.63, 3.8) is 0 Å². The molecule has 0 spiro atoms. The molecular formula is C90H122N2O2S2. The predicted molar refractivity (Wildman–Crippen MR) is 420 cm³/mol. The number of unbranched alkanes of at least 4 members (excludes halogenated alkanes) is 32. The van der Waals surface area contributed by atoms with Gasteiger partial charge in [-0.3, -0.25) is 9.59 Å². The summed E-state index contributed by atoms with van der Waals surface area (Å²) >= 11 is 3.48. The minimum atomic E-state index is 0.121. The molecule has 2 unspecified atom stereocenters. The topological polar surface area (TPSA) is 40.6 Å². The van der Waals surface area contributed by atoms with E-state index in [1.807, 2.05) is 0 Å². The molecule has 7 aromatic rings. The minimum Gasteiger partial charge on any atom is -0.307 e. The van der Waals surface area contributed by atoms with Crippen molar-refractivity contribution in [1.82, 2.24) is 0 Å². The fourth-order valence-electron chi connectivity index (χ4n) is 15.3. The van der Waals surface area contributed by atoms with Crippen molar-refractivity contribution in [3.05, 3.63) is 166 Å². The van der Waals surface area contributed by atoms with Crippen LogP contribution >= 0.6 is 22.7 Å². The van der Waals surface area contributed by atoms with E-state index in [4.69, 9.17) is 0 Å². The highest BCUT2D eigenvalue weighted by Crippen LogP contribution is 2.41. The van der Waals surface area contributed by atoms with E-state index in [1.165, 1.54) is 253 Å². The molecule has 516 valence electrons. The van der Waals surface area contributed by atoms with Gasteiger partial charge < -0.3 is 9.80 Å². The number of carbonyl (C=O) groups excluding carboxylic acids is 2. The fourth-order valence-corrected chi connectivity index (χ4v) is 17.4. The number of anilines is 2. The van der Waals surface area contributed by atoms with Crippen LogP contribution in [0.4, 0.5) is 11.4 Å². The first-order chi connectivity index (χ1) is 47.4. The summed E-state index contributed by atoms with van der Waals surface area (Å²) in [5, 5.41) is 1.99. The number of rotatable bonds is 50. The van der Waals surface area contributed by atoms with Crippen LogP contribution in [0.5, 0.6) is 0 Å². The summed E-state index contributed by atoms with van der Waals surface area (Å²) in [7, 11) is 0. The van der Waals surface area contributed by atoms with Crippen molar-refractivity contribution in [3.8, 4) is 43.1 Å². The monoisotopic (exact) mass is 1330 g/mol. The van der Waals surface area contributed by atoms with Crippen LogP contribution in [0.1, 0.15) is 294 Å². The van der Waals surface area contributed by atoms with E-state index in [2.05, 4.69) is 183 Å². The number of hydrogen-bond donors (Lipinski definition) is 0. The first-order valence-electron chi connectivity index (χ1n) is 39.5. The lowest BCUT2D eigenvalue weighted by molar-refractivity contribution is -0.114. The highest BCUT2D eigenvalue weighted by Gasteiger charge is 2.38. The first kappa shape index (κ1) is 74.4. The van der Waals surface area contributed by atoms with Crippen LogP contribution in [0, 0.1) is 11.8 Å². The van der Waals surface area contributed by atoms with Crippen molar-refractivity contribution in [2.24, 2.45) is 11.8 Å². The largest absolute Gasteiger partial charge is 0.307 e. The van der Waals surface area contributed by atoms with Crippen molar-refractivity contribution in [2.45, 2.75) is 285 Å². The zero-order valence-corrected chi connectivity index (χ0v) is 61.9. The second-order valence-corrected chi connectivity index (χ2v) is 31.1. The Morgan fingerprint density at radius 1 is 0.271 bits per heavy atom. The fraction of sp³-hybridized carbons (Fsp3) is 0.533. The quantitative estimate of drug-likeness (QED) is 0.0357. The summed E-state index contributed by atoms with van der Waals surface area (Å²) in [6, 6.07) is 52.7. The van der Waals surface area contributed by atoms with E-state index in [0.29, 0.717) is 24.9 Å². The molecule has 2 aliphatic heterocycles. The van der Waals surface area contributed by atoms with Crippen molar-refractivity contribution >= 4 is 57.0 Å². The lowest BCUT2D eigenvalue weighted by Gasteiger charge is -2.27. The molecule has 0 bridgehead atoms. The molecule has 0 saturated heterocycles. The second-order valence-electron chi connectivity index (χ2n) is 28.9.